The minimum Gasteiger partial charge on any atom is -0.469 e. The number of carbonyl (C=O) groups is 1. The van der Waals surface area contributed by atoms with Gasteiger partial charge in [0.1, 0.15) is 0 Å². The van der Waals surface area contributed by atoms with Crippen LogP contribution in [0.3, 0.4) is 0 Å². The number of nitrogens with zero attached hydrogens (tertiary/aromatic N) is 2. The van der Waals surface area contributed by atoms with E-state index in [1.54, 1.807) is 0 Å². The summed E-state index contributed by atoms with van der Waals surface area (Å²) in [5, 5.41) is 3.47. The van der Waals surface area contributed by atoms with Crippen molar-refractivity contribution in [3.05, 3.63) is 34.4 Å². The fraction of sp³-hybridized carbons (Fsp3) is 0.579. The second-order valence-electron chi connectivity index (χ2n) is 6.56. The van der Waals surface area contributed by atoms with Crippen LogP contribution in [-0.4, -0.2) is 44.1 Å². The number of guanidine groups is 1. The molecule has 1 heterocycles. The van der Waals surface area contributed by atoms with Crippen LogP contribution >= 0.6 is 24.0 Å². The average molecular weight is 459 g/mol. The maximum atomic E-state index is 11.6. The summed E-state index contributed by atoms with van der Waals surface area (Å²) in [6.07, 6.45) is 1.63. The zero-order valence-corrected chi connectivity index (χ0v) is 18.2. The number of hydrogen-bond donors (Lipinski definition) is 1. The Morgan fingerprint density at radius 1 is 1.24 bits per heavy atom. The topological polar surface area (TPSA) is 53.9 Å². The predicted octanol–water partition coefficient (Wildman–Crippen LogP) is 3.19. The van der Waals surface area contributed by atoms with Gasteiger partial charge in [-0.2, -0.15) is 0 Å². The van der Waals surface area contributed by atoms with Gasteiger partial charge in [0.05, 0.1) is 13.0 Å². The van der Waals surface area contributed by atoms with Crippen LogP contribution in [0.1, 0.15) is 35.1 Å². The number of aryl methyl sites for hydroxylation is 3. The maximum absolute atomic E-state index is 11.6. The van der Waals surface area contributed by atoms with Gasteiger partial charge in [-0.3, -0.25) is 9.79 Å². The van der Waals surface area contributed by atoms with Gasteiger partial charge in [0, 0.05) is 26.7 Å². The number of piperidine rings is 1. The predicted molar refractivity (Wildman–Crippen MR) is 113 cm³/mol. The number of benzene rings is 1. The molecule has 1 aromatic rings. The standard InChI is InChI=1S/C19H29N3O2.HI/c1-13-10-14(2)17(15(3)11-13)12-21-19(20-4)22-8-6-16(7-9-22)18(23)24-5;/h10-11,16H,6-9,12H2,1-5H3,(H,20,21);1H. The molecule has 0 spiro atoms. The molecule has 1 aliphatic rings. The van der Waals surface area contributed by atoms with Gasteiger partial charge in [0.15, 0.2) is 5.96 Å². The monoisotopic (exact) mass is 459 g/mol. The summed E-state index contributed by atoms with van der Waals surface area (Å²) in [5.41, 5.74) is 5.23. The van der Waals surface area contributed by atoms with Crippen molar-refractivity contribution in [2.75, 3.05) is 27.2 Å². The fourth-order valence-corrected chi connectivity index (χ4v) is 3.48. The van der Waals surface area contributed by atoms with Gasteiger partial charge in [-0.05, 0) is 50.3 Å². The number of aliphatic imine (C=N–C) groups is 1. The Hall–Kier alpha value is -1.31. The molecule has 1 saturated heterocycles. The summed E-state index contributed by atoms with van der Waals surface area (Å²) in [5.74, 6) is 0.826. The Bertz CT molecular complexity index is 600. The summed E-state index contributed by atoms with van der Waals surface area (Å²) in [6.45, 7) is 8.85. The maximum Gasteiger partial charge on any atom is 0.308 e. The third-order valence-corrected chi connectivity index (χ3v) is 4.80. The number of halogens is 1. The zero-order chi connectivity index (χ0) is 17.7. The number of carbonyl (C=O) groups excluding carboxylic acids is 1. The lowest BCUT2D eigenvalue weighted by molar-refractivity contribution is -0.146. The van der Waals surface area contributed by atoms with Crippen molar-refractivity contribution in [2.24, 2.45) is 10.9 Å². The second-order valence-corrected chi connectivity index (χ2v) is 6.56. The number of ether oxygens (including phenoxy) is 1. The first-order valence-corrected chi connectivity index (χ1v) is 8.56. The van der Waals surface area contributed by atoms with Crippen molar-refractivity contribution >= 4 is 35.9 Å². The number of likely N-dealkylation sites (tertiary alicyclic amines) is 1. The molecule has 0 amide bonds. The number of hydrogen-bond acceptors (Lipinski definition) is 3. The van der Waals surface area contributed by atoms with Gasteiger partial charge >= 0.3 is 5.97 Å². The Labute approximate surface area is 168 Å². The van der Waals surface area contributed by atoms with Crippen LogP contribution in [-0.2, 0) is 16.1 Å². The van der Waals surface area contributed by atoms with Gasteiger partial charge in [0.25, 0.3) is 0 Å². The summed E-state index contributed by atoms with van der Waals surface area (Å²) in [4.78, 5) is 18.3. The van der Waals surface area contributed by atoms with E-state index in [0.29, 0.717) is 0 Å². The van der Waals surface area contributed by atoms with Crippen molar-refractivity contribution in [3.8, 4) is 0 Å². The van der Waals surface area contributed by atoms with E-state index in [4.69, 9.17) is 4.74 Å². The molecule has 1 N–H and O–H groups in total. The lowest BCUT2D eigenvalue weighted by atomic mass is 9.97. The zero-order valence-electron chi connectivity index (χ0n) is 15.9. The third kappa shape index (κ3) is 5.59. The lowest BCUT2D eigenvalue weighted by Crippen LogP contribution is -2.46. The molecule has 5 nitrogen and oxygen atoms in total. The van der Waals surface area contributed by atoms with Crippen LogP contribution < -0.4 is 5.32 Å². The molecule has 6 heteroatoms. The molecule has 0 atom stereocenters. The van der Waals surface area contributed by atoms with Crippen molar-refractivity contribution in [1.82, 2.24) is 10.2 Å². The molecule has 0 aromatic heterocycles. The Morgan fingerprint density at radius 2 is 1.80 bits per heavy atom. The highest BCUT2D eigenvalue weighted by atomic mass is 127. The Morgan fingerprint density at radius 3 is 2.28 bits per heavy atom. The van der Waals surface area contributed by atoms with Crippen molar-refractivity contribution in [3.63, 3.8) is 0 Å². The van der Waals surface area contributed by atoms with Crippen LogP contribution in [0.25, 0.3) is 0 Å². The minimum atomic E-state index is -0.0940. The molecule has 25 heavy (non-hydrogen) atoms. The molecule has 2 rings (SSSR count). The van der Waals surface area contributed by atoms with E-state index in [2.05, 4.69) is 48.1 Å². The highest BCUT2D eigenvalue weighted by Crippen LogP contribution is 2.19. The third-order valence-electron chi connectivity index (χ3n) is 4.80. The van der Waals surface area contributed by atoms with Crippen molar-refractivity contribution in [1.29, 1.82) is 0 Å². The fourth-order valence-electron chi connectivity index (χ4n) is 3.48. The number of esters is 1. The number of methoxy groups -OCH3 is 1. The van der Waals surface area contributed by atoms with Gasteiger partial charge in [-0.25, -0.2) is 0 Å². The van der Waals surface area contributed by atoms with Crippen LogP contribution in [0.15, 0.2) is 17.1 Å². The number of rotatable bonds is 3. The first-order chi connectivity index (χ1) is 11.5. The van der Waals surface area contributed by atoms with E-state index in [9.17, 15) is 4.79 Å². The molecule has 1 aromatic carbocycles. The highest BCUT2D eigenvalue weighted by Gasteiger charge is 2.26. The van der Waals surface area contributed by atoms with Gasteiger partial charge in [-0.15, -0.1) is 24.0 Å². The SMILES string of the molecule is CN=C(NCc1c(C)cc(C)cc1C)N1CCC(C(=O)OC)CC1.I. The van der Waals surface area contributed by atoms with Gasteiger partial charge in [-0.1, -0.05) is 17.7 Å². The molecular weight excluding hydrogens is 429 g/mol. The van der Waals surface area contributed by atoms with E-state index >= 15 is 0 Å². The molecule has 1 aliphatic heterocycles. The molecule has 0 saturated carbocycles. The summed E-state index contributed by atoms with van der Waals surface area (Å²) in [7, 11) is 3.27. The summed E-state index contributed by atoms with van der Waals surface area (Å²) >= 11 is 0. The summed E-state index contributed by atoms with van der Waals surface area (Å²) in [6, 6.07) is 4.43. The van der Waals surface area contributed by atoms with Crippen LogP contribution in [0, 0.1) is 26.7 Å². The largest absolute Gasteiger partial charge is 0.469 e. The summed E-state index contributed by atoms with van der Waals surface area (Å²) < 4.78 is 4.85. The molecule has 140 valence electrons. The first kappa shape index (κ1) is 21.7. The Kier molecular flexibility index (Phi) is 8.68. The number of nitrogens with one attached hydrogen (secondary N) is 1. The van der Waals surface area contributed by atoms with Crippen LogP contribution in [0.5, 0.6) is 0 Å². The molecule has 0 bridgehead atoms. The van der Waals surface area contributed by atoms with E-state index < -0.39 is 0 Å². The second kappa shape index (κ2) is 9.99. The van der Waals surface area contributed by atoms with Crippen molar-refractivity contribution in [2.45, 2.75) is 40.2 Å². The normalized spacial score (nSPS) is 15.6. The van der Waals surface area contributed by atoms with E-state index in [-0.39, 0.29) is 35.9 Å². The van der Waals surface area contributed by atoms with Crippen LogP contribution in [0.2, 0.25) is 0 Å². The lowest BCUT2D eigenvalue weighted by Gasteiger charge is -2.33. The minimum absolute atomic E-state index is 0. The molecule has 0 aliphatic carbocycles. The van der Waals surface area contributed by atoms with E-state index in [1.165, 1.54) is 29.4 Å². The van der Waals surface area contributed by atoms with Gasteiger partial charge in [0.2, 0.25) is 0 Å². The highest BCUT2D eigenvalue weighted by molar-refractivity contribution is 14.0. The first-order valence-electron chi connectivity index (χ1n) is 8.56. The smallest absolute Gasteiger partial charge is 0.308 e. The molecule has 0 radical (unpaired) electrons. The van der Waals surface area contributed by atoms with E-state index in [0.717, 1.165) is 38.4 Å². The van der Waals surface area contributed by atoms with Crippen molar-refractivity contribution < 1.29 is 9.53 Å². The molecule has 0 unspecified atom stereocenters. The van der Waals surface area contributed by atoms with Crippen LogP contribution in [0.4, 0.5) is 0 Å². The average Bonchev–Trinajstić information content (AvgIpc) is 2.57. The molecule has 1 fully saturated rings. The van der Waals surface area contributed by atoms with E-state index in [1.807, 2.05) is 7.05 Å². The van der Waals surface area contributed by atoms with Gasteiger partial charge < -0.3 is 15.0 Å². The Balaban J connectivity index is 0.00000312. The quantitative estimate of drug-likeness (QED) is 0.327. The molecular formula is C19H30IN3O2.